The Morgan fingerprint density at radius 2 is 1.93 bits per heavy atom. The number of primary amides is 1. The first-order valence-electron chi connectivity index (χ1n) is 9.61. The molecule has 2 fully saturated rings. The van der Waals surface area contributed by atoms with Gasteiger partial charge in [-0.3, -0.25) is 9.59 Å². The van der Waals surface area contributed by atoms with Crippen LogP contribution in [0.1, 0.15) is 36.0 Å². The minimum atomic E-state index is -0.581. The summed E-state index contributed by atoms with van der Waals surface area (Å²) >= 11 is 0. The Bertz CT molecular complexity index is 699. The van der Waals surface area contributed by atoms with Crippen LogP contribution in [0.5, 0.6) is 5.75 Å². The highest BCUT2D eigenvalue weighted by Crippen LogP contribution is 2.18. The van der Waals surface area contributed by atoms with Crippen LogP contribution in [0.2, 0.25) is 0 Å². The molecular weight excluding hydrogens is 364 g/mol. The monoisotopic (exact) mass is 390 g/mol. The van der Waals surface area contributed by atoms with E-state index in [1.165, 1.54) is 4.90 Å². The summed E-state index contributed by atoms with van der Waals surface area (Å²) in [7, 11) is 0. The van der Waals surface area contributed by atoms with E-state index in [1.807, 2.05) is 0 Å². The average Bonchev–Trinajstić information content (AvgIpc) is 3.24. The van der Waals surface area contributed by atoms with E-state index in [0.717, 1.165) is 19.4 Å². The van der Waals surface area contributed by atoms with Gasteiger partial charge in [0.1, 0.15) is 12.4 Å². The second-order valence-corrected chi connectivity index (χ2v) is 7.13. The van der Waals surface area contributed by atoms with E-state index in [2.05, 4.69) is 0 Å². The Labute approximate surface area is 163 Å². The van der Waals surface area contributed by atoms with E-state index in [-0.39, 0.29) is 31.1 Å². The number of hydrogen-bond donors (Lipinski definition) is 1. The molecular formula is C20H26N2O6. The maximum atomic E-state index is 12.2. The van der Waals surface area contributed by atoms with Gasteiger partial charge in [0.2, 0.25) is 5.91 Å². The van der Waals surface area contributed by atoms with Gasteiger partial charge in [0, 0.05) is 19.7 Å². The molecule has 2 heterocycles. The minimum absolute atomic E-state index is 0.125. The SMILES string of the molecule is NC(=O)[C@H]1CCCN(C(=O)COC(=O)c2ccc(OC[C@@H]3CCCO3)cc2)C1. The molecule has 8 nitrogen and oxygen atoms in total. The number of carbonyl (C=O) groups is 3. The van der Waals surface area contributed by atoms with Gasteiger partial charge in [0.05, 0.1) is 17.6 Å². The molecule has 0 aliphatic carbocycles. The van der Waals surface area contributed by atoms with E-state index in [0.29, 0.717) is 37.3 Å². The molecule has 1 aromatic rings. The molecule has 3 rings (SSSR count). The van der Waals surface area contributed by atoms with Crippen LogP contribution in [0.15, 0.2) is 24.3 Å². The predicted molar refractivity (Wildman–Crippen MR) is 99.7 cm³/mol. The van der Waals surface area contributed by atoms with E-state index in [1.54, 1.807) is 24.3 Å². The first-order chi connectivity index (χ1) is 13.5. The van der Waals surface area contributed by atoms with Crippen molar-refractivity contribution in [3.63, 3.8) is 0 Å². The van der Waals surface area contributed by atoms with Gasteiger partial charge in [-0.25, -0.2) is 4.79 Å². The van der Waals surface area contributed by atoms with E-state index in [4.69, 9.17) is 19.9 Å². The largest absolute Gasteiger partial charge is 0.491 e. The van der Waals surface area contributed by atoms with Crippen LogP contribution in [0.3, 0.4) is 0 Å². The fourth-order valence-corrected chi connectivity index (χ4v) is 3.39. The van der Waals surface area contributed by atoms with Crippen LogP contribution < -0.4 is 10.5 Å². The third-order valence-corrected chi connectivity index (χ3v) is 5.05. The lowest BCUT2D eigenvalue weighted by molar-refractivity contribution is -0.137. The Kier molecular flexibility index (Phi) is 6.86. The fraction of sp³-hybridized carbons (Fsp3) is 0.550. The summed E-state index contributed by atoms with van der Waals surface area (Å²) < 4.78 is 16.3. The number of carbonyl (C=O) groups excluding carboxylic acids is 3. The summed E-state index contributed by atoms with van der Waals surface area (Å²) in [6, 6.07) is 6.58. The highest BCUT2D eigenvalue weighted by atomic mass is 16.5. The Morgan fingerprint density at radius 1 is 1.14 bits per heavy atom. The topological polar surface area (TPSA) is 108 Å². The molecule has 0 spiro atoms. The maximum absolute atomic E-state index is 12.2. The van der Waals surface area contributed by atoms with Crippen molar-refractivity contribution < 1.29 is 28.6 Å². The lowest BCUT2D eigenvalue weighted by Crippen LogP contribution is -2.45. The van der Waals surface area contributed by atoms with Gasteiger partial charge in [-0.05, 0) is 49.9 Å². The summed E-state index contributed by atoms with van der Waals surface area (Å²) in [5.74, 6) is -1.00. The fourth-order valence-electron chi connectivity index (χ4n) is 3.39. The first kappa shape index (κ1) is 20.1. The second kappa shape index (κ2) is 9.54. The van der Waals surface area contributed by atoms with E-state index >= 15 is 0 Å². The summed E-state index contributed by atoms with van der Waals surface area (Å²) in [6.45, 7) is 1.72. The van der Waals surface area contributed by atoms with Crippen LogP contribution >= 0.6 is 0 Å². The molecule has 0 aromatic heterocycles. The molecule has 0 unspecified atom stereocenters. The molecule has 2 aliphatic heterocycles. The molecule has 2 amide bonds. The Hall–Kier alpha value is -2.61. The zero-order valence-corrected chi connectivity index (χ0v) is 15.8. The molecule has 0 saturated carbocycles. The van der Waals surface area contributed by atoms with Crippen LogP contribution in [-0.4, -0.2) is 61.7 Å². The van der Waals surface area contributed by atoms with Gasteiger partial charge in [-0.15, -0.1) is 0 Å². The molecule has 2 N–H and O–H groups in total. The van der Waals surface area contributed by atoms with Crippen LogP contribution in [0, 0.1) is 5.92 Å². The number of amides is 2. The van der Waals surface area contributed by atoms with Crippen molar-refractivity contribution in [3.05, 3.63) is 29.8 Å². The third-order valence-electron chi connectivity index (χ3n) is 5.05. The minimum Gasteiger partial charge on any atom is -0.491 e. The van der Waals surface area contributed by atoms with Gasteiger partial charge >= 0.3 is 5.97 Å². The number of rotatable bonds is 7. The molecule has 1 aromatic carbocycles. The zero-order valence-electron chi connectivity index (χ0n) is 15.8. The maximum Gasteiger partial charge on any atom is 0.338 e. The zero-order chi connectivity index (χ0) is 19.9. The van der Waals surface area contributed by atoms with Gasteiger partial charge in [0.15, 0.2) is 6.61 Å². The normalized spacial score (nSPS) is 21.9. The van der Waals surface area contributed by atoms with E-state index < -0.39 is 11.9 Å². The van der Waals surface area contributed by atoms with Crippen molar-refractivity contribution >= 4 is 17.8 Å². The number of nitrogens with zero attached hydrogens (tertiary/aromatic N) is 1. The summed E-state index contributed by atoms with van der Waals surface area (Å²) in [5.41, 5.74) is 5.66. The number of piperidine rings is 1. The molecule has 0 bridgehead atoms. The standard InChI is InChI=1S/C20H26N2O6/c21-19(24)15-3-1-9-22(11-15)18(23)13-28-20(25)14-5-7-16(8-6-14)27-12-17-4-2-10-26-17/h5-8,15,17H,1-4,9-13H2,(H2,21,24)/t15-,17-/m0/s1. The Balaban J connectivity index is 1.43. The first-order valence-corrected chi connectivity index (χ1v) is 9.61. The summed E-state index contributed by atoms with van der Waals surface area (Å²) in [4.78, 5) is 37.2. The summed E-state index contributed by atoms with van der Waals surface area (Å²) in [6.07, 6.45) is 3.56. The second-order valence-electron chi connectivity index (χ2n) is 7.13. The quantitative estimate of drug-likeness (QED) is 0.699. The highest BCUT2D eigenvalue weighted by Gasteiger charge is 2.27. The van der Waals surface area contributed by atoms with Crippen molar-refractivity contribution in [2.45, 2.75) is 31.8 Å². The predicted octanol–water partition coefficient (Wildman–Crippen LogP) is 1.13. The molecule has 0 radical (unpaired) electrons. The lowest BCUT2D eigenvalue weighted by atomic mass is 9.97. The van der Waals surface area contributed by atoms with Gasteiger partial charge < -0.3 is 24.8 Å². The summed E-state index contributed by atoms with van der Waals surface area (Å²) in [5, 5.41) is 0. The van der Waals surface area contributed by atoms with Crippen molar-refractivity contribution in [1.82, 2.24) is 4.90 Å². The average molecular weight is 390 g/mol. The molecule has 2 atom stereocenters. The van der Waals surface area contributed by atoms with Gasteiger partial charge in [0.25, 0.3) is 5.91 Å². The van der Waals surface area contributed by atoms with Gasteiger partial charge in [-0.2, -0.15) is 0 Å². The van der Waals surface area contributed by atoms with Crippen LogP contribution in [-0.2, 0) is 19.1 Å². The molecule has 28 heavy (non-hydrogen) atoms. The molecule has 152 valence electrons. The molecule has 8 heteroatoms. The van der Waals surface area contributed by atoms with Crippen molar-refractivity contribution in [2.24, 2.45) is 11.7 Å². The van der Waals surface area contributed by atoms with Crippen LogP contribution in [0.25, 0.3) is 0 Å². The smallest absolute Gasteiger partial charge is 0.338 e. The lowest BCUT2D eigenvalue weighted by Gasteiger charge is -2.31. The Morgan fingerprint density at radius 3 is 2.61 bits per heavy atom. The molecule has 2 aliphatic rings. The van der Waals surface area contributed by atoms with Crippen LogP contribution in [0.4, 0.5) is 0 Å². The van der Waals surface area contributed by atoms with Gasteiger partial charge in [-0.1, -0.05) is 0 Å². The number of esters is 1. The number of likely N-dealkylation sites (tertiary alicyclic amines) is 1. The van der Waals surface area contributed by atoms with E-state index in [9.17, 15) is 14.4 Å². The van der Waals surface area contributed by atoms with Crippen molar-refractivity contribution in [2.75, 3.05) is 32.9 Å². The third kappa shape index (κ3) is 5.45. The molecule has 2 saturated heterocycles. The number of hydrogen-bond acceptors (Lipinski definition) is 6. The number of benzene rings is 1. The van der Waals surface area contributed by atoms with Crippen molar-refractivity contribution in [1.29, 1.82) is 0 Å². The number of ether oxygens (including phenoxy) is 3. The highest BCUT2D eigenvalue weighted by molar-refractivity contribution is 5.91. The van der Waals surface area contributed by atoms with Crippen molar-refractivity contribution in [3.8, 4) is 5.75 Å². The number of nitrogens with two attached hydrogens (primary N) is 1.